The number of rotatable bonds is 8. The number of hydrogen-bond donors (Lipinski definition) is 2. The summed E-state index contributed by atoms with van der Waals surface area (Å²) in [7, 11) is 2.03. The van der Waals surface area contributed by atoms with Crippen molar-refractivity contribution in [3.05, 3.63) is 77.9 Å². The number of thiazole rings is 1. The van der Waals surface area contributed by atoms with Crippen LogP contribution in [0.5, 0.6) is 10.8 Å². The third kappa shape index (κ3) is 5.05. The molecule has 2 aromatic heterocycles. The summed E-state index contributed by atoms with van der Waals surface area (Å²) in [6.07, 6.45) is 3.82. The van der Waals surface area contributed by atoms with Gasteiger partial charge in [0.15, 0.2) is 0 Å². The van der Waals surface area contributed by atoms with Crippen molar-refractivity contribution in [1.82, 2.24) is 15.3 Å². The van der Waals surface area contributed by atoms with E-state index >= 15 is 0 Å². The van der Waals surface area contributed by atoms with Crippen LogP contribution in [0.25, 0.3) is 11.3 Å². The summed E-state index contributed by atoms with van der Waals surface area (Å²) in [4.78, 5) is 11.7. The van der Waals surface area contributed by atoms with Gasteiger partial charge in [0.1, 0.15) is 17.3 Å². The molecule has 0 spiro atoms. The van der Waals surface area contributed by atoms with Crippen LogP contribution >= 0.6 is 11.3 Å². The maximum Gasteiger partial charge on any atom is 0.208 e. The number of benzene rings is 2. The van der Waals surface area contributed by atoms with E-state index < -0.39 is 0 Å². The van der Waals surface area contributed by atoms with E-state index in [2.05, 4.69) is 63.8 Å². The molecule has 3 heterocycles. The Morgan fingerprint density at radius 2 is 1.91 bits per heavy atom. The molecule has 2 N–H and O–H groups in total. The van der Waals surface area contributed by atoms with Crippen molar-refractivity contribution in [2.45, 2.75) is 25.8 Å². The van der Waals surface area contributed by atoms with Gasteiger partial charge in [0.2, 0.25) is 5.06 Å². The minimum Gasteiger partial charge on any atom is -0.444 e. The number of aryl methyl sites for hydroxylation is 1. The molecule has 0 amide bonds. The van der Waals surface area contributed by atoms with Crippen molar-refractivity contribution < 1.29 is 4.74 Å². The van der Waals surface area contributed by atoms with Crippen LogP contribution in [-0.2, 0) is 6.42 Å². The molecule has 5 rings (SSSR count). The lowest BCUT2D eigenvalue weighted by Crippen LogP contribution is -2.29. The minimum absolute atomic E-state index is 0.569. The molecule has 4 aromatic rings. The highest BCUT2D eigenvalue weighted by Crippen LogP contribution is 2.39. The third-order valence-corrected chi connectivity index (χ3v) is 7.11. The normalized spacial score (nSPS) is 15.5. The largest absolute Gasteiger partial charge is 0.444 e. The van der Waals surface area contributed by atoms with E-state index in [0.29, 0.717) is 6.04 Å². The monoisotopic (exact) mass is 471 g/mol. The zero-order chi connectivity index (χ0) is 23.3. The molecule has 1 aliphatic rings. The Hall–Kier alpha value is -3.42. The van der Waals surface area contributed by atoms with Gasteiger partial charge in [-0.25, -0.2) is 9.97 Å². The molecule has 1 fully saturated rings. The van der Waals surface area contributed by atoms with Crippen LogP contribution in [0.3, 0.4) is 0 Å². The first kappa shape index (κ1) is 22.4. The van der Waals surface area contributed by atoms with Gasteiger partial charge in [-0.05, 0) is 50.2 Å². The first-order valence-corrected chi connectivity index (χ1v) is 12.5. The van der Waals surface area contributed by atoms with Gasteiger partial charge in [-0.15, -0.1) is 0 Å². The summed E-state index contributed by atoms with van der Waals surface area (Å²) in [5, 5.41) is 8.62. The Labute approximate surface area is 204 Å². The smallest absolute Gasteiger partial charge is 0.208 e. The molecule has 0 saturated carbocycles. The number of nitrogens with one attached hydrogen (secondary N) is 2. The van der Waals surface area contributed by atoms with Crippen molar-refractivity contribution in [2.24, 2.45) is 0 Å². The zero-order valence-corrected chi connectivity index (χ0v) is 20.3. The molecular weight excluding hydrogens is 442 g/mol. The first-order valence-electron chi connectivity index (χ1n) is 11.7. The average Bonchev–Trinajstić information content (AvgIpc) is 3.53. The van der Waals surface area contributed by atoms with E-state index in [1.54, 1.807) is 17.5 Å². The molecular formula is C27H29N5OS. The predicted octanol–water partition coefficient (Wildman–Crippen LogP) is 6.10. The van der Waals surface area contributed by atoms with E-state index in [1.807, 2.05) is 37.4 Å². The Morgan fingerprint density at radius 3 is 2.65 bits per heavy atom. The second-order valence-corrected chi connectivity index (χ2v) is 9.38. The third-order valence-electron chi connectivity index (χ3n) is 6.03. The van der Waals surface area contributed by atoms with Crippen LogP contribution in [0.2, 0.25) is 0 Å². The highest BCUT2D eigenvalue weighted by atomic mass is 32.1. The number of ether oxygens (including phenoxy) is 1. The van der Waals surface area contributed by atoms with Crippen LogP contribution in [0.4, 0.5) is 17.2 Å². The second-order valence-electron chi connectivity index (χ2n) is 8.33. The number of nitrogens with zero attached hydrogens (tertiary/aromatic N) is 3. The van der Waals surface area contributed by atoms with E-state index in [1.165, 1.54) is 12.1 Å². The highest BCUT2D eigenvalue weighted by Gasteiger charge is 2.21. The second kappa shape index (κ2) is 10.2. The number of hydrogen-bond acceptors (Lipinski definition) is 7. The zero-order valence-electron chi connectivity index (χ0n) is 19.5. The average molecular weight is 472 g/mol. The number of aromatic nitrogens is 2. The summed E-state index contributed by atoms with van der Waals surface area (Å²) in [6, 6.07) is 23.1. The molecule has 6 nitrogen and oxygen atoms in total. The molecule has 1 aliphatic heterocycles. The fraction of sp³-hybridized carbons (Fsp3) is 0.259. The predicted molar refractivity (Wildman–Crippen MR) is 141 cm³/mol. The van der Waals surface area contributed by atoms with Gasteiger partial charge in [-0.1, -0.05) is 48.6 Å². The van der Waals surface area contributed by atoms with Gasteiger partial charge >= 0.3 is 0 Å². The Bertz CT molecular complexity index is 1230. The van der Waals surface area contributed by atoms with Crippen LogP contribution in [0, 0.1) is 0 Å². The molecule has 1 saturated heterocycles. The molecule has 34 heavy (non-hydrogen) atoms. The fourth-order valence-electron chi connectivity index (χ4n) is 4.13. The molecule has 0 aliphatic carbocycles. The van der Waals surface area contributed by atoms with E-state index in [-0.39, 0.29) is 0 Å². The topological polar surface area (TPSA) is 62.3 Å². The fourth-order valence-corrected chi connectivity index (χ4v) is 5.02. The maximum absolute atomic E-state index is 6.30. The Balaban J connectivity index is 1.30. The molecule has 0 radical (unpaired) electrons. The van der Waals surface area contributed by atoms with Crippen molar-refractivity contribution in [3.8, 4) is 22.1 Å². The van der Waals surface area contributed by atoms with Crippen LogP contribution in [-0.4, -0.2) is 36.1 Å². The van der Waals surface area contributed by atoms with Gasteiger partial charge in [-0.2, -0.15) is 0 Å². The first-order chi connectivity index (χ1) is 16.7. The summed E-state index contributed by atoms with van der Waals surface area (Å²) in [5.74, 6) is 1.47. The van der Waals surface area contributed by atoms with Gasteiger partial charge < -0.3 is 20.3 Å². The lowest BCUT2D eigenvalue weighted by molar-refractivity contribution is 0.496. The van der Waals surface area contributed by atoms with Crippen molar-refractivity contribution in [3.63, 3.8) is 0 Å². The van der Waals surface area contributed by atoms with Crippen molar-refractivity contribution in [2.75, 3.05) is 30.4 Å². The summed E-state index contributed by atoms with van der Waals surface area (Å²) < 4.78 is 6.30. The van der Waals surface area contributed by atoms with Crippen molar-refractivity contribution >= 4 is 28.5 Å². The SMILES string of the molecule is CCc1nc(-c2ccccc2)c(Oc2ccnc(Nc3ccc(N4CCC(NC)C4)cc3)c2)s1. The van der Waals surface area contributed by atoms with Crippen LogP contribution in [0.15, 0.2) is 72.9 Å². The van der Waals surface area contributed by atoms with Gasteiger partial charge in [-0.3, -0.25) is 0 Å². The van der Waals surface area contributed by atoms with Gasteiger partial charge in [0.25, 0.3) is 0 Å². The molecule has 1 atom stereocenters. The maximum atomic E-state index is 6.30. The van der Waals surface area contributed by atoms with Gasteiger partial charge in [0, 0.05) is 48.3 Å². The summed E-state index contributed by atoms with van der Waals surface area (Å²) in [6.45, 7) is 4.24. The molecule has 2 aromatic carbocycles. The van der Waals surface area contributed by atoms with E-state index in [9.17, 15) is 0 Å². The van der Waals surface area contributed by atoms with Gasteiger partial charge in [0.05, 0.1) is 5.01 Å². The summed E-state index contributed by atoms with van der Waals surface area (Å²) >= 11 is 1.59. The van der Waals surface area contributed by atoms with E-state index in [0.717, 1.165) is 58.1 Å². The summed E-state index contributed by atoms with van der Waals surface area (Å²) in [5.41, 5.74) is 4.18. The molecule has 1 unspecified atom stereocenters. The highest BCUT2D eigenvalue weighted by molar-refractivity contribution is 7.14. The Kier molecular flexibility index (Phi) is 6.74. The number of likely N-dealkylation sites (N-methyl/N-ethyl adjacent to an activating group) is 1. The van der Waals surface area contributed by atoms with Crippen molar-refractivity contribution in [1.29, 1.82) is 0 Å². The lowest BCUT2D eigenvalue weighted by atomic mass is 10.2. The van der Waals surface area contributed by atoms with E-state index in [4.69, 9.17) is 9.72 Å². The quantitative estimate of drug-likeness (QED) is 0.324. The molecule has 7 heteroatoms. The van der Waals surface area contributed by atoms with Crippen LogP contribution < -0.4 is 20.3 Å². The van der Waals surface area contributed by atoms with Crippen LogP contribution in [0.1, 0.15) is 18.4 Å². The number of anilines is 3. The Morgan fingerprint density at radius 1 is 1.09 bits per heavy atom. The minimum atomic E-state index is 0.569. The molecule has 0 bridgehead atoms. The lowest BCUT2D eigenvalue weighted by Gasteiger charge is -2.19. The standard InChI is InChI=1S/C27H29N5OS/c1-3-25-31-26(19-7-5-4-6-8-19)27(34-25)33-23-13-15-29-24(17-23)30-20-9-11-22(12-10-20)32-16-14-21(18-32)28-2/h4-13,15,17,21,28H,3,14,16,18H2,1-2H3,(H,29,30). The number of pyridine rings is 1. The molecule has 174 valence electrons.